The molecule has 0 saturated carbocycles. The van der Waals surface area contributed by atoms with Crippen molar-refractivity contribution in [3.8, 4) is 0 Å². The van der Waals surface area contributed by atoms with Gasteiger partial charge in [0.15, 0.2) is 0 Å². The van der Waals surface area contributed by atoms with Crippen LogP contribution < -0.4 is 0 Å². The molecule has 1 aromatic carbocycles. The summed E-state index contributed by atoms with van der Waals surface area (Å²) in [6.07, 6.45) is 0. The van der Waals surface area contributed by atoms with Gasteiger partial charge in [-0.15, -0.1) is 0 Å². The number of thioether (sulfide) groups is 1. The quantitative estimate of drug-likeness (QED) is 0.619. The van der Waals surface area contributed by atoms with Crippen molar-refractivity contribution in [1.29, 1.82) is 0 Å². The minimum atomic E-state index is -3.60. The molecular formula is C10H12N2O4S2. The van der Waals surface area contributed by atoms with Gasteiger partial charge in [-0.2, -0.15) is 16.1 Å². The van der Waals surface area contributed by atoms with Crippen LogP contribution in [0.4, 0.5) is 5.69 Å². The molecule has 1 aromatic rings. The van der Waals surface area contributed by atoms with E-state index >= 15 is 0 Å². The summed E-state index contributed by atoms with van der Waals surface area (Å²) >= 11 is 1.70. The first-order valence-corrected chi connectivity index (χ1v) is 7.93. The van der Waals surface area contributed by atoms with E-state index in [1.807, 2.05) is 0 Å². The van der Waals surface area contributed by atoms with Crippen molar-refractivity contribution in [3.05, 3.63) is 34.4 Å². The minimum absolute atomic E-state index is 0.0106. The van der Waals surface area contributed by atoms with Crippen LogP contribution in [-0.2, 0) is 10.0 Å². The molecule has 1 aliphatic heterocycles. The van der Waals surface area contributed by atoms with E-state index in [0.29, 0.717) is 13.1 Å². The van der Waals surface area contributed by atoms with Gasteiger partial charge >= 0.3 is 0 Å². The molecule has 1 heterocycles. The molecule has 0 radical (unpaired) electrons. The van der Waals surface area contributed by atoms with E-state index in [2.05, 4.69) is 0 Å². The lowest BCUT2D eigenvalue weighted by Gasteiger charge is -2.25. The third kappa shape index (κ3) is 2.65. The molecule has 0 bridgehead atoms. The van der Waals surface area contributed by atoms with Crippen molar-refractivity contribution in [1.82, 2.24) is 4.31 Å². The number of sulfonamides is 1. The fraction of sp³-hybridized carbons (Fsp3) is 0.400. The van der Waals surface area contributed by atoms with Crippen LogP contribution in [0.1, 0.15) is 0 Å². The van der Waals surface area contributed by atoms with Gasteiger partial charge in [0.25, 0.3) is 5.69 Å². The van der Waals surface area contributed by atoms with Gasteiger partial charge in [-0.05, 0) is 6.07 Å². The summed E-state index contributed by atoms with van der Waals surface area (Å²) in [5.41, 5.74) is -0.206. The van der Waals surface area contributed by atoms with E-state index in [1.165, 1.54) is 22.5 Å². The van der Waals surface area contributed by atoms with Crippen LogP contribution >= 0.6 is 11.8 Å². The number of nitro benzene ring substituents is 1. The zero-order chi connectivity index (χ0) is 13.2. The third-order valence-corrected chi connectivity index (χ3v) is 5.47. The number of hydrogen-bond acceptors (Lipinski definition) is 5. The van der Waals surface area contributed by atoms with Crippen molar-refractivity contribution in [2.24, 2.45) is 0 Å². The zero-order valence-corrected chi connectivity index (χ0v) is 11.1. The van der Waals surface area contributed by atoms with E-state index in [1.54, 1.807) is 11.8 Å². The van der Waals surface area contributed by atoms with Crippen molar-refractivity contribution in [2.75, 3.05) is 24.6 Å². The molecule has 0 aromatic heterocycles. The Morgan fingerprint density at radius 3 is 2.56 bits per heavy atom. The van der Waals surface area contributed by atoms with Gasteiger partial charge in [0, 0.05) is 36.7 Å². The van der Waals surface area contributed by atoms with Crippen LogP contribution in [0.15, 0.2) is 29.2 Å². The maximum Gasteiger partial charge on any atom is 0.270 e. The summed E-state index contributed by atoms with van der Waals surface area (Å²) in [5, 5.41) is 10.7. The lowest BCUT2D eigenvalue weighted by molar-refractivity contribution is -0.385. The summed E-state index contributed by atoms with van der Waals surface area (Å²) in [6.45, 7) is 0.908. The maximum absolute atomic E-state index is 12.3. The minimum Gasteiger partial charge on any atom is -0.258 e. The molecule has 6 nitrogen and oxygen atoms in total. The molecule has 1 fully saturated rings. The highest BCUT2D eigenvalue weighted by Crippen LogP contribution is 2.23. The van der Waals surface area contributed by atoms with Crippen molar-refractivity contribution < 1.29 is 13.3 Å². The lowest BCUT2D eigenvalue weighted by atomic mass is 10.3. The van der Waals surface area contributed by atoms with Crippen LogP contribution in [0.25, 0.3) is 0 Å². The highest BCUT2D eigenvalue weighted by atomic mass is 32.2. The second-order valence-corrected chi connectivity index (χ2v) is 6.93. The first-order chi connectivity index (χ1) is 8.51. The molecule has 0 spiro atoms. The smallest absolute Gasteiger partial charge is 0.258 e. The van der Waals surface area contributed by atoms with E-state index in [-0.39, 0.29) is 10.6 Å². The van der Waals surface area contributed by atoms with E-state index in [4.69, 9.17) is 0 Å². The Hall–Kier alpha value is -1.12. The normalized spacial score (nSPS) is 17.6. The lowest BCUT2D eigenvalue weighted by Crippen LogP contribution is -2.37. The maximum atomic E-state index is 12.3. The first kappa shape index (κ1) is 13.3. The van der Waals surface area contributed by atoms with Gasteiger partial charge in [0.1, 0.15) is 0 Å². The topological polar surface area (TPSA) is 80.5 Å². The van der Waals surface area contributed by atoms with Crippen LogP contribution in [0, 0.1) is 10.1 Å². The van der Waals surface area contributed by atoms with Crippen LogP contribution in [-0.4, -0.2) is 42.2 Å². The fourth-order valence-corrected chi connectivity index (χ4v) is 4.31. The van der Waals surface area contributed by atoms with Gasteiger partial charge in [-0.1, -0.05) is 6.07 Å². The van der Waals surface area contributed by atoms with Crippen molar-refractivity contribution in [3.63, 3.8) is 0 Å². The Morgan fingerprint density at radius 2 is 1.94 bits per heavy atom. The second-order valence-electron chi connectivity index (χ2n) is 3.77. The SMILES string of the molecule is O=[N+]([O-])c1cccc(S(=O)(=O)N2CCSCC2)c1. The summed E-state index contributed by atoms with van der Waals surface area (Å²) in [4.78, 5) is 10.0. The number of hydrogen-bond donors (Lipinski definition) is 0. The van der Waals surface area contributed by atoms with E-state index in [0.717, 1.165) is 17.6 Å². The number of benzene rings is 1. The Kier molecular flexibility index (Phi) is 3.88. The fourth-order valence-electron chi connectivity index (χ4n) is 1.69. The standard InChI is InChI=1S/C10H12N2O4S2/c13-12(14)9-2-1-3-10(8-9)18(15,16)11-4-6-17-7-5-11/h1-3,8H,4-7H2. The predicted molar refractivity (Wildman–Crippen MR) is 69.2 cm³/mol. The molecule has 98 valence electrons. The van der Waals surface area contributed by atoms with Crippen molar-refractivity contribution in [2.45, 2.75) is 4.90 Å². The first-order valence-electron chi connectivity index (χ1n) is 5.34. The molecule has 1 aliphatic rings. The Balaban J connectivity index is 2.34. The number of nitrogens with zero attached hydrogens (tertiary/aromatic N) is 2. The van der Waals surface area contributed by atoms with Gasteiger partial charge in [0.05, 0.1) is 9.82 Å². The van der Waals surface area contributed by atoms with E-state index in [9.17, 15) is 18.5 Å². The van der Waals surface area contributed by atoms with E-state index < -0.39 is 14.9 Å². The average molecular weight is 288 g/mol. The summed E-state index contributed by atoms with van der Waals surface area (Å²) in [5.74, 6) is 1.52. The summed E-state index contributed by atoms with van der Waals surface area (Å²) in [7, 11) is -3.60. The van der Waals surface area contributed by atoms with Crippen LogP contribution in [0.5, 0.6) is 0 Å². The monoisotopic (exact) mass is 288 g/mol. The Labute approximate surface area is 109 Å². The predicted octanol–water partition coefficient (Wildman–Crippen LogP) is 1.33. The molecule has 8 heteroatoms. The molecule has 0 N–H and O–H groups in total. The third-order valence-electron chi connectivity index (χ3n) is 2.64. The number of rotatable bonds is 3. The molecule has 2 rings (SSSR count). The molecule has 1 saturated heterocycles. The number of non-ortho nitro benzene ring substituents is 1. The van der Waals surface area contributed by atoms with Gasteiger partial charge < -0.3 is 0 Å². The molecule has 0 aliphatic carbocycles. The molecular weight excluding hydrogens is 276 g/mol. The summed E-state index contributed by atoms with van der Waals surface area (Å²) in [6, 6.07) is 5.18. The van der Waals surface area contributed by atoms with Gasteiger partial charge in [0.2, 0.25) is 10.0 Å². The van der Waals surface area contributed by atoms with Crippen LogP contribution in [0.3, 0.4) is 0 Å². The average Bonchev–Trinajstić information content (AvgIpc) is 2.40. The molecule has 0 amide bonds. The highest BCUT2D eigenvalue weighted by Gasteiger charge is 2.27. The Bertz CT molecular complexity index is 553. The van der Waals surface area contributed by atoms with Gasteiger partial charge in [-0.3, -0.25) is 10.1 Å². The zero-order valence-electron chi connectivity index (χ0n) is 9.48. The highest BCUT2D eigenvalue weighted by molar-refractivity contribution is 7.99. The molecule has 0 atom stereocenters. The van der Waals surface area contributed by atoms with Crippen molar-refractivity contribution >= 4 is 27.5 Å². The largest absolute Gasteiger partial charge is 0.270 e. The van der Waals surface area contributed by atoms with Crippen LogP contribution in [0.2, 0.25) is 0 Å². The second kappa shape index (κ2) is 5.25. The number of nitro groups is 1. The molecule has 18 heavy (non-hydrogen) atoms. The molecule has 0 unspecified atom stereocenters. The Morgan fingerprint density at radius 1 is 1.28 bits per heavy atom. The summed E-state index contributed by atoms with van der Waals surface area (Å²) < 4.78 is 25.9. The van der Waals surface area contributed by atoms with Gasteiger partial charge in [-0.25, -0.2) is 8.42 Å².